The molecular formula is C10H15N3O3. The molecule has 0 bridgehead atoms. The smallest absolute Gasteiger partial charge is 0.306 e. The second-order valence-corrected chi connectivity index (χ2v) is 4.37. The van der Waals surface area contributed by atoms with Crippen LogP contribution >= 0.6 is 0 Å². The maximum atomic E-state index is 10.8. The second kappa shape index (κ2) is 4.11. The van der Waals surface area contributed by atoms with Gasteiger partial charge in [0.05, 0.1) is 5.92 Å². The van der Waals surface area contributed by atoms with Crippen molar-refractivity contribution in [3.63, 3.8) is 0 Å². The van der Waals surface area contributed by atoms with Crippen molar-refractivity contribution in [3.8, 4) is 0 Å². The molecule has 88 valence electrons. The van der Waals surface area contributed by atoms with Crippen LogP contribution in [0, 0.1) is 5.92 Å². The van der Waals surface area contributed by atoms with Crippen LogP contribution in [-0.2, 0) is 4.79 Å². The van der Waals surface area contributed by atoms with E-state index in [0.29, 0.717) is 24.7 Å². The molecule has 6 nitrogen and oxygen atoms in total. The molecule has 1 aromatic heterocycles. The molecule has 1 fully saturated rings. The van der Waals surface area contributed by atoms with Crippen molar-refractivity contribution in [1.29, 1.82) is 0 Å². The summed E-state index contributed by atoms with van der Waals surface area (Å²) in [5.74, 6) is 0.207. The summed E-state index contributed by atoms with van der Waals surface area (Å²) in [7, 11) is 3.67. The van der Waals surface area contributed by atoms with Crippen LogP contribution in [0.2, 0.25) is 0 Å². The highest BCUT2D eigenvalue weighted by Crippen LogP contribution is 2.37. The Morgan fingerprint density at radius 2 is 2.25 bits per heavy atom. The summed E-state index contributed by atoms with van der Waals surface area (Å²) < 4.78 is 5.14. The fourth-order valence-electron chi connectivity index (χ4n) is 2.00. The van der Waals surface area contributed by atoms with Crippen molar-refractivity contribution < 1.29 is 14.4 Å². The lowest BCUT2D eigenvalue weighted by Crippen LogP contribution is -2.11. The Bertz CT molecular complexity index is 388. The molecule has 0 spiro atoms. The molecule has 1 aromatic rings. The lowest BCUT2D eigenvalue weighted by Gasteiger charge is -2.04. The molecule has 16 heavy (non-hydrogen) atoms. The third-order valence-electron chi connectivity index (χ3n) is 2.96. The Balaban J connectivity index is 2.06. The number of nitrogens with zero attached hydrogens (tertiary/aromatic N) is 3. The summed E-state index contributed by atoms with van der Waals surface area (Å²) in [6.45, 7) is 0. The summed E-state index contributed by atoms with van der Waals surface area (Å²) in [5.41, 5.74) is 0. The first-order valence-electron chi connectivity index (χ1n) is 5.31. The Kier molecular flexibility index (Phi) is 2.80. The molecule has 1 aliphatic rings. The summed E-state index contributed by atoms with van der Waals surface area (Å²) in [6.07, 6.45) is 2.11. The van der Waals surface area contributed by atoms with Gasteiger partial charge in [0.2, 0.25) is 5.89 Å². The molecule has 6 heteroatoms. The number of rotatable bonds is 3. The number of carbonyl (C=O) groups is 1. The molecule has 0 radical (unpaired) electrons. The van der Waals surface area contributed by atoms with Crippen LogP contribution in [0.1, 0.15) is 31.1 Å². The van der Waals surface area contributed by atoms with Crippen molar-refractivity contribution in [1.82, 2.24) is 10.1 Å². The van der Waals surface area contributed by atoms with Crippen LogP contribution in [0.5, 0.6) is 0 Å². The van der Waals surface area contributed by atoms with Crippen molar-refractivity contribution in [2.75, 3.05) is 19.0 Å². The van der Waals surface area contributed by atoms with E-state index >= 15 is 0 Å². The molecular weight excluding hydrogens is 210 g/mol. The van der Waals surface area contributed by atoms with E-state index in [2.05, 4.69) is 10.1 Å². The number of aliphatic carboxylic acids is 1. The van der Waals surface area contributed by atoms with Gasteiger partial charge in [0, 0.05) is 20.0 Å². The minimum atomic E-state index is -0.727. The Morgan fingerprint density at radius 1 is 1.50 bits per heavy atom. The van der Waals surface area contributed by atoms with Gasteiger partial charge in [0.1, 0.15) is 0 Å². The third kappa shape index (κ3) is 2.00. The van der Waals surface area contributed by atoms with Gasteiger partial charge < -0.3 is 14.5 Å². The molecule has 1 saturated carbocycles. The minimum Gasteiger partial charge on any atom is -0.481 e. The fraction of sp³-hybridized carbons (Fsp3) is 0.700. The number of carboxylic acids is 1. The lowest BCUT2D eigenvalue weighted by atomic mass is 10.1. The zero-order valence-corrected chi connectivity index (χ0v) is 9.38. The highest BCUT2D eigenvalue weighted by atomic mass is 16.5. The average Bonchev–Trinajstić information content (AvgIpc) is 2.86. The Morgan fingerprint density at radius 3 is 2.75 bits per heavy atom. The van der Waals surface area contributed by atoms with Gasteiger partial charge in [-0.15, -0.1) is 0 Å². The van der Waals surface area contributed by atoms with Crippen molar-refractivity contribution in [2.45, 2.75) is 25.2 Å². The Labute approximate surface area is 93.2 Å². The van der Waals surface area contributed by atoms with Crippen LogP contribution in [-0.4, -0.2) is 35.3 Å². The standard InChI is InChI=1S/C10H15N3O3/c1-13(2)10-11-8(16-12-10)6-3-4-7(5-6)9(14)15/h6-7H,3-5H2,1-2H3,(H,14,15). The zero-order chi connectivity index (χ0) is 11.7. The van der Waals surface area contributed by atoms with Gasteiger partial charge in [0.25, 0.3) is 5.95 Å². The van der Waals surface area contributed by atoms with Crippen LogP contribution < -0.4 is 4.90 Å². The molecule has 2 rings (SSSR count). The van der Waals surface area contributed by atoms with E-state index in [4.69, 9.17) is 9.63 Å². The van der Waals surface area contributed by atoms with Crippen molar-refractivity contribution >= 4 is 11.9 Å². The molecule has 2 unspecified atom stereocenters. The first kappa shape index (κ1) is 10.9. The quantitative estimate of drug-likeness (QED) is 0.829. The topological polar surface area (TPSA) is 79.5 Å². The number of hydrogen-bond acceptors (Lipinski definition) is 5. The second-order valence-electron chi connectivity index (χ2n) is 4.37. The van der Waals surface area contributed by atoms with Gasteiger partial charge in [-0.05, 0) is 24.4 Å². The van der Waals surface area contributed by atoms with E-state index in [9.17, 15) is 4.79 Å². The van der Waals surface area contributed by atoms with Gasteiger partial charge >= 0.3 is 5.97 Å². The van der Waals surface area contributed by atoms with Crippen LogP contribution in [0.25, 0.3) is 0 Å². The van der Waals surface area contributed by atoms with Crippen molar-refractivity contribution in [2.24, 2.45) is 5.92 Å². The third-order valence-corrected chi connectivity index (χ3v) is 2.96. The molecule has 1 heterocycles. The predicted octanol–water partition coefficient (Wildman–Crippen LogP) is 1.10. The first-order chi connectivity index (χ1) is 7.58. The predicted molar refractivity (Wildman–Crippen MR) is 56.3 cm³/mol. The molecule has 0 amide bonds. The number of hydrogen-bond donors (Lipinski definition) is 1. The van der Waals surface area contributed by atoms with Crippen LogP contribution in [0.4, 0.5) is 5.95 Å². The Hall–Kier alpha value is -1.59. The van der Waals surface area contributed by atoms with Gasteiger partial charge in [-0.1, -0.05) is 0 Å². The van der Waals surface area contributed by atoms with Gasteiger partial charge in [-0.25, -0.2) is 0 Å². The van der Waals surface area contributed by atoms with Crippen molar-refractivity contribution in [3.05, 3.63) is 5.89 Å². The minimum absolute atomic E-state index is 0.0994. The highest BCUT2D eigenvalue weighted by molar-refractivity contribution is 5.70. The average molecular weight is 225 g/mol. The van der Waals surface area contributed by atoms with E-state index < -0.39 is 5.97 Å². The first-order valence-corrected chi connectivity index (χ1v) is 5.31. The maximum absolute atomic E-state index is 10.8. The molecule has 0 aliphatic heterocycles. The molecule has 2 atom stereocenters. The maximum Gasteiger partial charge on any atom is 0.306 e. The van der Waals surface area contributed by atoms with E-state index in [1.807, 2.05) is 14.1 Å². The molecule has 0 aromatic carbocycles. The van der Waals surface area contributed by atoms with Gasteiger partial charge in [-0.3, -0.25) is 4.79 Å². The van der Waals surface area contributed by atoms with Gasteiger partial charge in [-0.2, -0.15) is 4.98 Å². The molecule has 1 N–H and O–H groups in total. The summed E-state index contributed by atoms with van der Waals surface area (Å²) in [6, 6.07) is 0. The monoisotopic (exact) mass is 225 g/mol. The summed E-state index contributed by atoms with van der Waals surface area (Å²) in [5, 5.41) is 12.7. The fourth-order valence-corrected chi connectivity index (χ4v) is 2.00. The number of aromatic nitrogens is 2. The van der Waals surface area contributed by atoms with E-state index in [1.165, 1.54) is 0 Å². The van der Waals surface area contributed by atoms with Crippen LogP contribution in [0.15, 0.2) is 4.52 Å². The van der Waals surface area contributed by atoms with Crippen LogP contribution in [0.3, 0.4) is 0 Å². The SMILES string of the molecule is CN(C)c1noc(C2CCC(C(=O)O)C2)n1. The number of carboxylic acid groups (broad SMARTS) is 1. The summed E-state index contributed by atoms with van der Waals surface area (Å²) in [4.78, 5) is 16.8. The normalized spacial score (nSPS) is 24.6. The van der Waals surface area contributed by atoms with E-state index in [0.717, 1.165) is 6.42 Å². The van der Waals surface area contributed by atoms with Gasteiger partial charge in [0.15, 0.2) is 0 Å². The number of anilines is 1. The largest absolute Gasteiger partial charge is 0.481 e. The lowest BCUT2D eigenvalue weighted by molar-refractivity contribution is -0.141. The highest BCUT2D eigenvalue weighted by Gasteiger charge is 2.33. The molecule has 1 aliphatic carbocycles. The molecule has 0 saturated heterocycles. The zero-order valence-electron chi connectivity index (χ0n) is 9.38. The van der Waals surface area contributed by atoms with E-state index in [-0.39, 0.29) is 11.8 Å². The summed E-state index contributed by atoms with van der Waals surface area (Å²) >= 11 is 0. The van der Waals surface area contributed by atoms with E-state index in [1.54, 1.807) is 4.90 Å².